The van der Waals surface area contributed by atoms with E-state index in [-0.39, 0.29) is 24.2 Å². The van der Waals surface area contributed by atoms with E-state index < -0.39 is 0 Å². The summed E-state index contributed by atoms with van der Waals surface area (Å²) in [6.45, 7) is 4.94. The number of anilines is 1. The molecule has 6 nitrogen and oxygen atoms in total. The summed E-state index contributed by atoms with van der Waals surface area (Å²) in [5.41, 5.74) is 1.00. The lowest BCUT2D eigenvalue weighted by molar-refractivity contribution is 0.0672. The summed E-state index contributed by atoms with van der Waals surface area (Å²) in [6, 6.07) is 15.4. The highest BCUT2D eigenvalue weighted by Crippen LogP contribution is 2.29. The Labute approximate surface area is 191 Å². The number of carbonyl (C=O) groups excluding carboxylic acids is 2. The van der Waals surface area contributed by atoms with Gasteiger partial charge in [-0.1, -0.05) is 36.4 Å². The number of carbonyl (C=O) groups is 2. The molecule has 2 aliphatic rings. The average molecular weight is 455 g/mol. The normalized spacial score (nSPS) is 16.9. The summed E-state index contributed by atoms with van der Waals surface area (Å²) in [4.78, 5) is 30.8. The molecule has 0 saturated carbocycles. The highest BCUT2D eigenvalue weighted by molar-refractivity contribution is 7.13. The van der Waals surface area contributed by atoms with Crippen molar-refractivity contribution in [2.24, 2.45) is 0 Å². The first-order chi connectivity index (χ1) is 14.7. The van der Waals surface area contributed by atoms with Gasteiger partial charge in [0, 0.05) is 44.7 Å². The van der Waals surface area contributed by atoms with Gasteiger partial charge in [-0.15, -0.1) is 12.4 Å². The molecule has 1 fully saturated rings. The summed E-state index contributed by atoms with van der Waals surface area (Å²) in [6.07, 6.45) is 3.97. The fourth-order valence-electron chi connectivity index (χ4n) is 4.05. The van der Waals surface area contributed by atoms with E-state index in [1.807, 2.05) is 6.08 Å². The Morgan fingerprint density at radius 1 is 0.839 bits per heavy atom. The van der Waals surface area contributed by atoms with Crippen molar-refractivity contribution >= 4 is 51.7 Å². The zero-order valence-electron chi connectivity index (χ0n) is 16.9. The Hall–Kier alpha value is -2.74. The minimum absolute atomic E-state index is 0. The van der Waals surface area contributed by atoms with Gasteiger partial charge in [-0.25, -0.2) is 0 Å². The maximum atomic E-state index is 12.4. The molecular formula is C23H23ClN4O2S. The van der Waals surface area contributed by atoms with Crippen molar-refractivity contribution in [3.63, 3.8) is 0 Å². The molecule has 160 valence electrons. The fourth-order valence-corrected chi connectivity index (χ4v) is 4.85. The van der Waals surface area contributed by atoms with E-state index in [0.29, 0.717) is 17.7 Å². The third-order valence-corrected chi connectivity index (χ3v) is 6.54. The van der Waals surface area contributed by atoms with Crippen LogP contribution in [-0.4, -0.2) is 65.3 Å². The molecule has 3 heterocycles. The van der Waals surface area contributed by atoms with E-state index in [1.165, 1.54) is 15.0 Å². The van der Waals surface area contributed by atoms with Crippen molar-refractivity contribution in [1.29, 1.82) is 0 Å². The van der Waals surface area contributed by atoms with Crippen molar-refractivity contribution in [2.75, 3.05) is 44.2 Å². The molecule has 2 aliphatic heterocycles. The van der Waals surface area contributed by atoms with Crippen LogP contribution < -0.4 is 4.90 Å². The molecule has 8 heteroatoms. The number of nitrogens with zero attached hydrogens (tertiary/aromatic N) is 4. The maximum absolute atomic E-state index is 12.4. The molecular weight excluding hydrogens is 432 g/mol. The third-order valence-electron chi connectivity index (χ3n) is 5.73. The number of rotatable bonds is 5. The highest BCUT2D eigenvalue weighted by Gasteiger charge is 2.34. The van der Waals surface area contributed by atoms with Gasteiger partial charge in [0.15, 0.2) is 0 Å². The number of fused-ring (bicyclic) bond motifs is 2. The van der Waals surface area contributed by atoms with Crippen molar-refractivity contribution in [3.8, 4) is 0 Å². The van der Waals surface area contributed by atoms with E-state index >= 15 is 0 Å². The quantitative estimate of drug-likeness (QED) is 0.434. The monoisotopic (exact) mass is 454 g/mol. The summed E-state index contributed by atoms with van der Waals surface area (Å²) < 4.78 is 5.89. The zero-order chi connectivity index (χ0) is 20.5. The number of hydrogen-bond acceptors (Lipinski definition) is 6. The number of halogens is 1. The predicted octanol–water partition coefficient (Wildman–Crippen LogP) is 3.69. The second kappa shape index (κ2) is 9.18. The van der Waals surface area contributed by atoms with E-state index in [9.17, 15) is 9.59 Å². The van der Waals surface area contributed by atoms with Crippen LogP contribution in [0.15, 0.2) is 60.7 Å². The minimum Gasteiger partial charge on any atom is -0.353 e. The standard InChI is InChI=1S/C23H22N4O2S.ClH/c28-22-17-7-1-2-8-18(17)23(29)27(22)12-6-5-11-25-13-15-26(16-14-25)21-19-9-3-4-10-20(19)30-24-21;/h1-10H,11-16H2;1H/b6-5+;. The van der Waals surface area contributed by atoms with Crippen LogP contribution in [0.5, 0.6) is 0 Å². The van der Waals surface area contributed by atoms with Crippen molar-refractivity contribution in [1.82, 2.24) is 14.2 Å². The Bertz CT molecular complexity index is 1100. The van der Waals surface area contributed by atoms with Gasteiger partial charge in [0.1, 0.15) is 5.82 Å². The van der Waals surface area contributed by atoms with Crippen LogP contribution in [0.3, 0.4) is 0 Å². The molecule has 2 aromatic carbocycles. The summed E-state index contributed by atoms with van der Waals surface area (Å²) in [7, 11) is 0. The van der Waals surface area contributed by atoms with Crippen LogP contribution in [0.2, 0.25) is 0 Å². The number of aromatic nitrogens is 1. The van der Waals surface area contributed by atoms with Crippen LogP contribution in [0, 0.1) is 0 Å². The lowest BCUT2D eigenvalue weighted by Gasteiger charge is -2.34. The molecule has 0 bridgehead atoms. The minimum atomic E-state index is -0.204. The van der Waals surface area contributed by atoms with Gasteiger partial charge in [-0.2, -0.15) is 4.37 Å². The van der Waals surface area contributed by atoms with Gasteiger partial charge < -0.3 is 4.90 Å². The summed E-state index contributed by atoms with van der Waals surface area (Å²) in [5, 5.41) is 1.23. The number of imide groups is 1. The van der Waals surface area contributed by atoms with Crippen LogP contribution in [0.4, 0.5) is 5.82 Å². The van der Waals surface area contributed by atoms with Gasteiger partial charge in [0.25, 0.3) is 11.8 Å². The van der Waals surface area contributed by atoms with Gasteiger partial charge in [-0.3, -0.25) is 19.4 Å². The molecule has 1 saturated heterocycles. The first kappa shape index (κ1) is 21.5. The third kappa shape index (κ3) is 4.08. The molecule has 0 aliphatic carbocycles. The fraction of sp³-hybridized carbons (Fsp3) is 0.261. The van der Waals surface area contributed by atoms with Crippen molar-refractivity contribution in [2.45, 2.75) is 0 Å². The molecule has 0 radical (unpaired) electrons. The molecule has 0 atom stereocenters. The number of piperazine rings is 1. The second-order valence-electron chi connectivity index (χ2n) is 7.53. The number of amides is 2. The maximum Gasteiger partial charge on any atom is 0.261 e. The van der Waals surface area contributed by atoms with E-state index in [2.05, 4.69) is 44.5 Å². The Morgan fingerprint density at radius 3 is 2.16 bits per heavy atom. The predicted molar refractivity (Wildman–Crippen MR) is 126 cm³/mol. The zero-order valence-corrected chi connectivity index (χ0v) is 18.6. The van der Waals surface area contributed by atoms with Gasteiger partial charge in [0.2, 0.25) is 0 Å². The SMILES string of the molecule is Cl.O=C1c2ccccc2C(=O)N1C/C=C/CN1CCN(c2nsc3ccccc23)CC1. The van der Waals surface area contributed by atoms with Crippen LogP contribution >= 0.6 is 23.9 Å². The lowest BCUT2D eigenvalue weighted by atomic mass is 10.1. The van der Waals surface area contributed by atoms with Crippen LogP contribution in [-0.2, 0) is 0 Å². The Kier molecular flexibility index (Phi) is 6.36. The lowest BCUT2D eigenvalue weighted by Crippen LogP contribution is -2.46. The largest absolute Gasteiger partial charge is 0.353 e. The summed E-state index contributed by atoms with van der Waals surface area (Å²) >= 11 is 1.56. The molecule has 2 amide bonds. The topological polar surface area (TPSA) is 56.8 Å². The van der Waals surface area contributed by atoms with Crippen molar-refractivity contribution < 1.29 is 9.59 Å². The van der Waals surface area contributed by atoms with E-state index in [1.54, 1.807) is 35.8 Å². The molecule has 5 rings (SSSR count). The molecule has 3 aromatic rings. The Balaban J connectivity index is 0.00000231. The number of benzene rings is 2. The van der Waals surface area contributed by atoms with Crippen LogP contribution in [0.25, 0.3) is 10.1 Å². The molecule has 1 aromatic heterocycles. The van der Waals surface area contributed by atoms with Crippen LogP contribution in [0.1, 0.15) is 20.7 Å². The first-order valence-corrected chi connectivity index (χ1v) is 10.9. The molecule has 0 unspecified atom stereocenters. The van der Waals surface area contributed by atoms with Crippen molar-refractivity contribution in [3.05, 3.63) is 71.8 Å². The smallest absolute Gasteiger partial charge is 0.261 e. The van der Waals surface area contributed by atoms with E-state index in [4.69, 9.17) is 0 Å². The second-order valence-corrected chi connectivity index (χ2v) is 8.33. The number of hydrogen-bond donors (Lipinski definition) is 0. The summed E-state index contributed by atoms with van der Waals surface area (Å²) in [5.74, 6) is 0.685. The highest BCUT2D eigenvalue weighted by atomic mass is 35.5. The van der Waals surface area contributed by atoms with Gasteiger partial charge in [-0.05, 0) is 35.8 Å². The molecule has 0 N–H and O–H groups in total. The Morgan fingerprint density at radius 2 is 1.45 bits per heavy atom. The average Bonchev–Trinajstić information content (AvgIpc) is 3.32. The molecule has 0 spiro atoms. The first-order valence-electron chi connectivity index (χ1n) is 10.1. The van der Waals surface area contributed by atoms with Gasteiger partial charge in [0.05, 0.1) is 15.8 Å². The van der Waals surface area contributed by atoms with Gasteiger partial charge >= 0.3 is 0 Å². The molecule has 31 heavy (non-hydrogen) atoms. The van der Waals surface area contributed by atoms with E-state index in [0.717, 1.165) is 38.5 Å².